The summed E-state index contributed by atoms with van der Waals surface area (Å²) in [5.74, 6) is 0. The highest BCUT2D eigenvalue weighted by atomic mass is 32.1. The predicted octanol–water partition coefficient (Wildman–Crippen LogP) is 4.90. The first-order chi connectivity index (χ1) is 7.38. The van der Waals surface area contributed by atoms with Gasteiger partial charge in [0.2, 0.25) is 0 Å². The zero-order chi connectivity index (χ0) is 10.9. The molecule has 1 aromatic rings. The highest BCUT2D eigenvalue weighted by molar-refractivity contribution is 7.10. The molecule has 1 rings (SSSR count). The highest BCUT2D eigenvalue weighted by Gasteiger charge is 2.00. The number of thiophene rings is 1. The molecule has 0 amide bonds. The van der Waals surface area contributed by atoms with Crippen LogP contribution in [0, 0.1) is 12.0 Å². The van der Waals surface area contributed by atoms with Gasteiger partial charge in [-0.25, -0.2) is 0 Å². The van der Waals surface area contributed by atoms with E-state index in [9.17, 15) is 0 Å². The van der Waals surface area contributed by atoms with Gasteiger partial charge in [-0.15, -0.1) is 11.3 Å². The zero-order valence-corrected chi connectivity index (χ0v) is 10.4. The Bertz CT molecular complexity index is 273. The molecule has 1 aromatic heterocycles. The van der Waals surface area contributed by atoms with Crippen molar-refractivity contribution in [2.45, 2.75) is 51.9 Å². The van der Waals surface area contributed by atoms with Crippen LogP contribution in [0.2, 0.25) is 0 Å². The first-order valence-corrected chi connectivity index (χ1v) is 6.73. The quantitative estimate of drug-likeness (QED) is 0.547. The molecule has 0 atom stereocenters. The third-order valence-corrected chi connectivity index (χ3v) is 3.52. The maximum absolute atomic E-state index is 5.53. The molecule has 0 aliphatic heterocycles. The summed E-state index contributed by atoms with van der Waals surface area (Å²) in [7, 11) is 0. The molecule has 0 unspecified atom stereocenters. The Morgan fingerprint density at radius 3 is 2.73 bits per heavy atom. The normalized spacial score (nSPS) is 10.5. The summed E-state index contributed by atoms with van der Waals surface area (Å²) in [6, 6.07) is 2.08. The van der Waals surface area contributed by atoms with Crippen LogP contribution < -0.4 is 0 Å². The zero-order valence-electron chi connectivity index (χ0n) is 9.59. The Balaban J connectivity index is 2.12. The smallest absolute Gasteiger partial charge is 0.0452 e. The Kier molecular flexibility index (Phi) is 6.42. The topological polar surface area (TPSA) is 0 Å². The fourth-order valence-corrected chi connectivity index (χ4v) is 2.42. The minimum Gasteiger partial charge on any atom is -0.135 e. The van der Waals surface area contributed by atoms with E-state index < -0.39 is 0 Å². The number of unbranched alkanes of at least 4 members (excludes halogenated alkanes) is 5. The lowest BCUT2D eigenvalue weighted by Crippen LogP contribution is -1.85. The largest absolute Gasteiger partial charge is 0.135 e. The van der Waals surface area contributed by atoms with E-state index in [1.165, 1.54) is 49.0 Å². The van der Waals surface area contributed by atoms with E-state index in [-0.39, 0.29) is 0 Å². The third-order valence-electron chi connectivity index (χ3n) is 2.67. The van der Waals surface area contributed by atoms with Crippen LogP contribution in [0.4, 0.5) is 0 Å². The van der Waals surface area contributed by atoms with Gasteiger partial charge in [0.1, 0.15) is 0 Å². The van der Waals surface area contributed by atoms with Crippen molar-refractivity contribution < 1.29 is 0 Å². The van der Waals surface area contributed by atoms with Gasteiger partial charge in [0.25, 0.3) is 0 Å². The fourth-order valence-electron chi connectivity index (χ4n) is 1.73. The first kappa shape index (κ1) is 12.5. The molecule has 0 bridgehead atoms. The highest BCUT2D eigenvalue weighted by Crippen LogP contribution is 2.19. The number of rotatable bonds is 8. The van der Waals surface area contributed by atoms with Crippen LogP contribution in [-0.4, -0.2) is 0 Å². The Morgan fingerprint density at radius 2 is 2.00 bits per heavy atom. The lowest BCUT2D eigenvalue weighted by Gasteiger charge is -2.01. The molecule has 82 valence electrons. The van der Waals surface area contributed by atoms with E-state index in [1.54, 1.807) is 17.4 Å². The Hall–Kier alpha value is -0.560. The van der Waals surface area contributed by atoms with Crippen molar-refractivity contribution in [1.29, 1.82) is 0 Å². The summed E-state index contributed by atoms with van der Waals surface area (Å²) in [5.41, 5.74) is 1.37. The molecule has 0 aliphatic rings. The van der Waals surface area contributed by atoms with Gasteiger partial charge < -0.3 is 0 Å². The Morgan fingerprint density at radius 1 is 1.27 bits per heavy atom. The molecule has 0 aromatic carbocycles. The molecule has 1 heterocycles. The van der Waals surface area contributed by atoms with Crippen molar-refractivity contribution in [3.05, 3.63) is 28.5 Å². The summed E-state index contributed by atoms with van der Waals surface area (Å²) in [6.07, 6.45) is 11.0. The lowest BCUT2D eigenvalue weighted by atomic mass is 10.1. The van der Waals surface area contributed by atoms with Crippen LogP contribution in [0.25, 0.3) is 6.08 Å². The Labute approximate surface area is 98.0 Å². The van der Waals surface area contributed by atoms with Gasteiger partial charge in [-0.05, 0) is 30.5 Å². The van der Waals surface area contributed by atoms with Crippen LogP contribution >= 0.6 is 11.3 Å². The van der Waals surface area contributed by atoms with E-state index in [4.69, 9.17) is 6.58 Å². The lowest BCUT2D eigenvalue weighted by molar-refractivity contribution is 0.608. The second-order valence-corrected chi connectivity index (χ2v) is 4.82. The second-order valence-electron chi connectivity index (χ2n) is 3.94. The minimum absolute atomic E-state index is 1.16. The van der Waals surface area contributed by atoms with E-state index >= 15 is 0 Å². The molecule has 0 aliphatic carbocycles. The van der Waals surface area contributed by atoms with Crippen molar-refractivity contribution in [1.82, 2.24) is 0 Å². The number of hydrogen-bond acceptors (Lipinski definition) is 1. The van der Waals surface area contributed by atoms with Gasteiger partial charge in [0.15, 0.2) is 0 Å². The van der Waals surface area contributed by atoms with Crippen molar-refractivity contribution >= 4 is 17.4 Å². The van der Waals surface area contributed by atoms with Crippen LogP contribution in [0.1, 0.15) is 55.9 Å². The van der Waals surface area contributed by atoms with Gasteiger partial charge in [0.05, 0.1) is 0 Å². The van der Waals surface area contributed by atoms with Crippen molar-refractivity contribution in [3.63, 3.8) is 0 Å². The summed E-state index contributed by atoms with van der Waals surface area (Å²) < 4.78 is 0. The van der Waals surface area contributed by atoms with E-state index in [1.807, 2.05) is 0 Å². The maximum atomic E-state index is 5.53. The minimum atomic E-state index is 1.16. The van der Waals surface area contributed by atoms with E-state index in [2.05, 4.69) is 18.4 Å². The SMILES string of the molecule is [CH]=Cc1s[c]cc1CCCCCCCC. The molecule has 2 radical (unpaired) electrons. The summed E-state index contributed by atoms with van der Waals surface area (Å²) >= 11 is 1.62. The van der Waals surface area contributed by atoms with Crippen LogP contribution in [0.15, 0.2) is 6.07 Å². The van der Waals surface area contributed by atoms with Crippen molar-refractivity contribution in [3.8, 4) is 0 Å². The van der Waals surface area contributed by atoms with Crippen LogP contribution in [0.3, 0.4) is 0 Å². The average Bonchev–Trinajstić information content (AvgIpc) is 2.70. The number of aryl methyl sites for hydroxylation is 1. The maximum Gasteiger partial charge on any atom is 0.0452 e. The summed E-state index contributed by atoms with van der Waals surface area (Å²) in [5, 5.41) is 3.14. The molecule has 0 fully saturated rings. The molecule has 0 spiro atoms. The molecule has 0 nitrogen and oxygen atoms in total. The first-order valence-electron chi connectivity index (χ1n) is 5.92. The van der Waals surface area contributed by atoms with Crippen LogP contribution in [-0.2, 0) is 6.42 Å². The third kappa shape index (κ3) is 4.65. The van der Waals surface area contributed by atoms with Gasteiger partial charge in [-0.1, -0.05) is 45.6 Å². The molecular weight excluding hydrogens is 200 g/mol. The fraction of sp³-hybridized carbons (Fsp3) is 0.571. The number of hydrogen-bond donors (Lipinski definition) is 0. The van der Waals surface area contributed by atoms with Gasteiger partial charge in [-0.3, -0.25) is 0 Å². The predicted molar refractivity (Wildman–Crippen MR) is 69.0 cm³/mol. The molecular formula is C14H20S. The summed E-state index contributed by atoms with van der Waals surface area (Å²) in [6.45, 7) is 7.78. The van der Waals surface area contributed by atoms with E-state index in [0.717, 1.165) is 6.42 Å². The van der Waals surface area contributed by atoms with Gasteiger partial charge in [-0.2, -0.15) is 0 Å². The van der Waals surface area contributed by atoms with Gasteiger partial charge >= 0.3 is 0 Å². The second kappa shape index (κ2) is 7.70. The van der Waals surface area contributed by atoms with Crippen molar-refractivity contribution in [2.75, 3.05) is 0 Å². The van der Waals surface area contributed by atoms with E-state index in [0.29, 0.717) is 0 Å². The molecule has 15 heavy (non-hydrogen) atoms. The standard InChI is InChI=1S/C14H20S/c1-3-5-6-7-8-9-10-13-11-12-15-14(13)4-2/h2,4,11H,3,5-10H2,1H3. The molecule has 1 heteroatoms. The van der Waals surface area contributed by atoms with Gasteiger partial charge in [0, 0.05) is 10.3 Å². The molecule has 0 N–H and O–H groups in total. The van der Waals surface area contributed by atoms with Crippen LogP contribution in [0.5, 0.6) is 0 Å². The monoisotopic (exact) mass is 220 g/mol. The summed E-state index contributed by atoms with van der Waals surface area (Å²) in [4.78, 5) is 1.20. The van der Waals surface area contributed by atoms with Crippen molar-refractivity contribution in [2.24, 2.45) is 0 Å². The molecule has 0 saturated carbocycles. The average molecular weight is 220 g/mol. The molecule has 0 saturated heterocycles.